The minimum Gasteiger partial charge on any atom is -0.490 e. The van der Waals surface area contributed by atoms with Crippen LogP contribution in [0, 0.1) is 5.92 Å². The van der Waals surface area contributed by atoms with Crippen molar-refractivity contribution in [2.45, 2.75) is 51.2 Å². The summed E-state index contributed by atoms with van der Waals surface area (Å²) in [5.74, 6) is 1.68. The van der Waals surface area contributed by atoms with Gasteiger partial charge >= 0.3 is 0 Å². The molecule has 0 bridgehead atoms. The van der Waals surface area contributed by atoms with Gasteiger partial charge in [0.1, 0.15) is 17.2 Å². The Morgan fingerprint density at radius 2 is 2.05 bits per heavy atom. The number of ether oxygens (including phenoxy) is 4. The highest BCUT2D eigenvalue weighted by Gasteiger charge is 2.44. The van der Waals surface area contributed by atoms with E-state index < -0.39 is 5.60 Å². The van der Waals surface area contributed by atoms with Crippen LogP contribution in [0.3, 0.4) is 0 Å². The highest BCUT2D eigenvalue weighted by molar-refractivity contribution is 5.98. The highest BCUT2D eigenvalue weighted by atomic mass is 16.6. The van der Waals surface area contributed by atoms with Gasteiger partial charge in [0.2, 0.25) is 5.91 Å². The average Bonchev–Trinajstić information content (AvgIpc) is 3.49. The largest absolute Gasteiger partial charge is 0.490 e. The molecule has 9 heteroatoms. The molecule has 196 valence electrons. The molecule has 6 heterocycles. The van der Waals surface area contributed by atoms with E-state index in [1.165, 1.54) is 6.92 Å². The van der Waals surface area contributed by atoms with Crippen LogP contribution in [0.5, 0.6) is 5.75 Å². The van der Waals surface area contributed by atoms with Crippen LogP contribution in [-0.2, 0) is 38.1 Å². The molecular formula is C28H34N4O5. The van der Waals surface area contributed by atoms with Crippen molar-refractivity contribution in [1.29, 1.82) is 0 Å². The third-order valence-electron chi connectivity index (χ3n) is 7.93. The number of aryl methyl sites for hydroxylation is 1. The maximum atomic E-state index is 11.7. The number of carbonyl (C=O) groups excluding carboxylic acids is 1. The van der Waals surface area contributed by atoms with Gasteiger partial charge in [-0.1, -0.05) is 0 Å². The van der Waals surface area contributed by atoms with E-state index in [-0.39, 0.29) is 12.0 Å². The van der Waals surface area contributed by atoms with E-state index >= 15 is 0 Å². The molecule has 37 heavy (non-hydrogen) atoms. The maximum Gasteiger partial charge on any atom is 0.222 e. The van der Waals surface area contributed by atoms with E-state index in [0.717, 1.165) is 78.1 Å². The molecule has 0 radical (unpaired) electrons. The van der Waals surface area contributed by atoms with Crippen LogP contribution in [0.1, 0.15) is 44.4 Å². The Hall–Kier alpha value is -3.01. The fraction of sp³-hybridized carbons (Fsp3) is 0.536. The second-order valence-electron chi connectivity index (χ2n) is 10.4. The lowest BCUT2D eigenvalue weighted by molar-refractivity contribution is -0.114. The Kier molecular flexibility index (Phi) is 6.38. The molecular weight excluding hydrogens is 472 g/mol. The average molecular weight is 507 g/mol. The quantitative estimate of drug-likeness (QED) is 0.559. The first-order chi connectivity index (χ1) is 17.9. The minimum atomic E-state index is -0.545. The predicted octanol–water partition coefficient (Wildman–Crippen LogP) is 3.98. The van der Waals surface area contributed by atoms with Gasteiger partial charge in [-0.3, -0.25) is 4.79 Å². The molecule has 2 atom stereocenters. The summed E-state index contributed by atoms with van der Waals surface area (Å²) in [4.78, 5) is 21.3. The van der Waals surface area contributed by atoms with Gasteiger partial charge in [-0.15, -0.1) is 0 Å². The summed E-state index contributed by atoms with van der Waals surface area (Å²) in [6.45, 7) is 6.99. The van der Waals surface area contributed by atoms with Crippen molar-refractivity contribution in [3.05, 3.63) is 35.8 Å². The second-order valence-corrected chi connectivity index (χ2v) is 10.4. The van der Waals surface area contributed by atoms with Crippen LogP contribution >= 0.6 is 0 Å². The van der Waals surface area contributed by atoms with Crippen LogP contribution in [0.25, 0.3) is 22.2 Å². The van der Waals surface area contributed by atoms with Crippen LogP contribution in [0.2, 0.25) is 0 Å². The van der Waals surface area contributed by atoms with Crippen LogP contribution in [-0.4, -0.2) is 59.6 Å². The van der Waals surface area contributed by atoms with Gasteiger partial charge < -0.3 is 28.8 Å². The van der Waals surface area contributed by atoms with E-state index in [1.807, 2.05) is 17.7 Å². The third-order valence-corrected chi connectivity index (χ3v) is 7.93. The zero-order chi connectivity index (χ0) is 25.6. The molecule has 3 aliphatic heterocycles. The zero-order valence-electron chi connectivity index (χ0n) is 21.7. The molecule has 0 aromatic carbocycles. The molecule has 1 spiro atoms. The van der Waals surface area contributed by atoms with Crippen molar-refractivity contribution in [1.82, 2.24) is 14.5 Å². The van der Waals surface area contributed by atoms with Crippen LogP contribution < -0.4 is 10.1 Å². The molecule has 9 nitrogen and oxygen atoms in total. The van der Waals surface area contributed by atoms with E-state index in [9.17, 15) is 4.79 Å². The summed E-state index contributed by atoms with van der Waals surface area (Å²) in [5, 5.41) is 3.76. The summed E-state index contributed by atoms with van der Waals surface area (Å²) in [6.07, 6.45) is 7.44. The van der Waals surface area contributed by atoms with Crippen molar-refractivity contribution in [3.63, 3.8) is 0 Å². The molecule has 0 saturated carbocycles. The molecule has 0 aliphatic carbocycles. The topological polar surface area (TPSA) is 96.7 Å². The first-order valence-electron chi connectivity index (χ1n) is 13.2. The SMILES string of the molecule is CC(=O)Nc1cc2c(-c3cc(O[C@H](C)C4CCOCC4)c4c(n3)C3(CCOC3)OCC4)cn(C)c2cn1. The van der Waals surface area contributed by atoms with E-state index in [2.05, 4.69) is 29.5 Å². The molecule has 3 aliphatic rings. The zero-order valence-corrected chi connectivity index (χ0v) is 21.7. The number of hydrogen-bond acceptors (Lipinski definition) is 7. The summed E-state index contributed by atoms with van der Waals surface area (Å²) in [6, 6.07) is 3.99. The Balaban J connectivity index is 1.48. The van der Waals surface area contributed by atoms with Gasteiger partial charge in [0.15, 0.2) is 0 Å². The van der Waals surface area contributed by atoms with Crippen molar-refractivity contribution in [2.75, 3.05) is 38.4 Å². The third kappa shape index (κ3) is 4.49. The van der Waals surface area contributed by atoms with Crippen molar-refractivity contribution < 1.29 is 23.7 Å². The number of nitrogens with one attached hydrogen (secondary N) is 1. The van der Waals surface area contributed by atoms with Crippen molar-refractivity contribution in [3.8, 4) is 17.0 Å². The predicted molar refractivity (Wildman–Crippen MR) is 139 cm³/mol. The second kappa shape index (κ2) is 9.70. The minimum absolute atomic E-state index is 0.0601. The number of pyridine rings is 2. The molecule has 2 saturated heterocycles. The summed E-state index contributed by atoms with van der Waals surface area (Å²) in [7, 11) is 1.99. The number of amides is 1. The summed E-state index contributed by atoms with van der Waals surface area (Å²) >= 11 is 0. The molecule has 2 fully saturated rings. The fourth-order valence-electron chi connectivity index (χ4n) is 5.89. The molecule has 3 aromatic heterocycles. The Morgan fingerprint density at radius 3 is 2.81 bits per heavy atom. The van der Waals surface area contributed by atoms with E-state index in [0.29, 0.717) is 31.6 Å². The number of aromatic nitrogens is 3. The van der Waals surface area contributed by atoms with Gasteiger partial charge in [0, 0.05) is 75.4 Å². The Morgan fingerprint density at radius 1 is 1.22 bits per heavy atom. The van der Waals surface area contributed by atoms with Gasteiger partial charge in [-0.05, 0) is 31.7 Å². The van der Waals surface area contributed by atoms with Gasteiger partial charge in [-0.25, -0.2) is 9.97 Å². The first kappa shape index (κ1) is 24.3. The van der Waals surface area contributed by atoms with Crippen molar-refractivity contribution >= 4 is 22.6 Å². The molecule has 6 rings (SSSR count). The molecule has 3 aromatic rings. The number of anilines is 1. The van der Waals surface area contributed by atoms with E-state index in [4.69, 9.17) is 23.9 Å². The van der Waals surface area contributed by atoms with Crippen LogP contribution in [0.4, 0.5) is 5.82 Å². The number of hydrogen-bond donors (Lipinski definition) is 1. The van der Waals surface area contributed by atoms with Gasteiger partial charge in [0.05, 0.1) is 42.4 Å². The fourth-order valence-corrected chi connectivity index (χ4v) is 5.89. The monoisotopic (exact) mass is 506 g/mol. The summed E-state index contributed by atoms with van der Waals surface area (Å²) < 4.78 is 26.5. The van der Waals surface area contributed by atoms with E-state index in [1.54, 1.807) is 6.20 Å². The van der Waals surface area contributed by atoms with Gasteiger partial charge in [-0.2, -0.15) is 0 Å². The lowest BCUT2D eigenvalue weighted by Gasteiger charge is -2.36. The number of carbonyl (C=O) groups is 1. The van der Waals surface area contributed by atoms with Crippen LogP contribution in [0.15, 0.2) is 24.5 Å². The first-order valence-corrected chi connectivity index (χ1v) is 13.2. The standard InChI is InChI=1S/C28H34N4O5/c1-17(19-4-8-34-9-5-19)37-25-13-23(31-27-20(25)6-10-36-28(27)7-11-35-16-28)22-15-32(3)24-14-29-26(12-21(22)24)30-18(2)33/h12-15,17,19H,4-11,16H2,1-3H3,(H,29,30,33)/t17-,28?/m1/s1. The number of fused-ring (bicyclic) bond motifs is 3. The molecule has 1 amide bonds. The smallest absolute Gasteiger partial charge is 0.222 e. The summed E-state index contributed by atoms with van der Waals surface area (Å²) in [5.41, 5.74) is 4.23. The normalized spacial score (nSPS) is 22.8. The maximum absolute atomic E-state index is 11.7. The lowest BCUT2D eigenvalue weighted by atomic mass is 9.88. The Labute approximate surface area is 216 Å². The lowest BCUT2D eigenvalue weighted by Crippen LogP contribution is -2.38. The Bertz CT molecular complexity index is 1320. The van der Waals surface area contributed by atoms with Gasteiger partial charge in [0.25, 0.3) is 0 Å². The number of nitrogens with zero attached hydrogens (tertiary/aromatic N) is 3. The number of rotatable bonds is 5. The van der Waals surface area contributed by atoms with Crippen molar-refractivity contribution in [2.24, 2.45) is 13.0 Å². The molecule has 1 N–H and O–H groups in total. The highest BCUT2D eigenvalue weighted by Crippen LogP contribution is 2.44. The molecule has 1 unspecified atom stereocenters.